The van der Waals surface area contributed by atoms with E-state index in [2.05, 4.69) is 0 Å². The van der Waals surface area contributed by atoms with Gasteiger partial charge in [-0.3, -0.25) is 9.69 Å². The molecule has 0 spiro atoms. The quantitative estimate of drug-likeness (QED) is 0.634. The molecule has 4 nitrogen and oxygen atoms in total. The summed E-state index contributed by atoms with van der Waals surface area (Å²) in [5, 5.41) is 10.8. The number of thioether (sulfide) groups is 1. The molecule has 2 aromatic carbocycles. The summed E-state index contributed by atoms with van der Waals surface area (Å²) in [7, 11) is 0. The molecule has 0 aromatic heterocycles. The molecule has 0 bridgehead atoms. The first-order valence-electron chi connectivity index (χ1n) is 6.70. The number of rotatable bonds is 3. The number of amides is 1. The molecule has 1 fully saturated rings. The van der Waals surface area contributed by atoms with Gasteiger partial charge in [-0.25, -0.2) is 0 Å². The molecule has 0 saturated carbocycles. The van der Waals surface area contributed by atoms with E-state index in [9.17, 15) is 14.7 Å². The van der Waals surface area contributed by atoms with Crippen molar-refractivity contribution >= 4 is 51.9 Å². The third kappa shape index (κ3) is 3.18. The Kier molecular flexibility index (Phi) is 4.27. The maximum atomic E-state index is 12.6. The van der Waals surface area contributed by atoms with Crippen LogP contribution in [0.2, 0.25) is 0 Å². The van der Waals surface area contributed by atoms with Crippen LogP contribution in [0.1, 0.15) is 15.9 Å². The van der Waals surface area contributed by atoms with Gasteiger partial charge in [-0.2, -0.15) is 0 Å². The average molecular weight is 340 g/mol. The Labute approximate surface area is 142 Å². The maximum absolute atomic E-state index is 12.6. The fraction of sp³-hybridized carbons (Fsp3) is 0. The topological polar surface area (TPSA) is 60.4 Å². The summed E-state index contributed by atoms with van der Waals surface area (Å²) in [4.78, 5) is 25.3. The molecule has 6 heteroatoms. The minimum Gasteiger partial charge on any atom is -0.545 e. The Balaban J connectivity index is 1.90. The highest BCUT2D eigenvalue weighted by Gasteiger charge is 2.33. The molecule has 1 aliphatic heterocycles. The number of thiocarbonyl (C=S) groups is 1. The molecule has 1 amide bonds. The Morgan fingerprint density at radius 2 is 1.74 bits per heavy atom. The third-order valence-electron chi connectivity index (χ3n) is 3.25. The van der Waals surface area contributed by atoms with Crippen LogP contribution in [-0.4, -0.2) is 16.2 Å². The lowest BCUT2D eigenvalue weighted by Gasteiger charge is -2.15. The lowest BCUT2D eigenvalue weighted by molar-refractivity contribution is -0.255. The van der Waals surface area contributed by atoms with Crippen LogP contribution in [0.5, 0.6) is 0 Å². The second-order valence-corrected chi connectivity index (χ2v) is 6.44. The van der Waals surface area contributed by atoms with Crippen LogP contribution in [0.4, 0.5) is 5.69 Å². The van der Waals surface area contributed by atoms with Crippen LogP contribution >= 0.6 is 24.0 Å². The Morgan fingerprint density at radius 3 is 2.35 bits per heavy atom. The van der Waals surface area contributed by atoms with Crippen LogP contribution in [0.15, 0.2) is 59.5 Å². The number of carboxylic acids is 1. The minimum atomic E-state index is -1.26. The number of carbonyl (C=O) groups is 2. The highest BCUT2D eigenvalue weighted by Crippen LogP contribution is 2.35. The molecule has 1 heterocycles. The normalized spacial score (nSPS) is 16.2. The molecule has 0 unspecified atom stereocenters. The first-order chi connectivity index (χ1) is 11.1. The molecule has 0 radical (unpaired) electrons. The summed E-state index contributed by atoms with van der Waals surface area (Å²) >= 11 is 6.50. The number of benzene rings is 2. The highest BCUT2D eigenvalue weighted by molar-refractivity contribution is 8.27. The van der Waals surface area contributed by atoms with E-state index in [1.807, 2.05) is 30.3 Å². The molecular formula is C17H10NO3S2-. The molecule has 23 heavy (non-hydrogen) atoms. The van der Waals surface area contributed by atoms with Crippen molar-refractivity contribution in [3.63, 3.8) is 0 Å². The van der Waals surface area contributed by atoms with Gasteiger partial charge in [0.1, 0.15) is 0 Å². The van der Waals surface area contributed by atoms with Crippen molar-refractivity contribution in [2.75, 3.05) is 4.90 Å². The third-order valence-corrected chi connectivity index (χ3v) is 4.55. The zero-order valence-electron chi connectivity index (χ0n) is 11.8. The predicted octanol–water partition coefficient (Wildman–Crippen LogP) is 2.46. The van der Waals surface area contributed by atoms with Gasteiger partial charge in [0.05, 0.1) is 16.6 Å². The average Bonchev–Trinajstić information content (AvgIpc) is 2.82. The van der Waals surface area contributed by atoms with Gasteiger partial charge in [0.2, 0.25) is 0 Å². The predicted molar refractivity (Wildman–Crippen MR) is 92.9 cm³/mol. The molecule has 1 saturated heterocycles. The summed E-state index contributed by atoms with van der Waals surface area (Å²) in [6.45, 7) is 0. The van der Waals surface area contributed by atoms with Gasteiger partial charge in [0, 0.05) is 0 Å². The Hall–Kier alpha value is -2.44. The summed E-state index contributed by atoms with van der Waals surface area (Å²) in [6, 6.07) is 15.4. The van der Waals surface area contributed by atoms with Crippen molar-refractivity contribution < 1.29 is 14.7 Å². The summed E-state index contributed by atoms with van der Waals surface area (Å²) < 4.78 is 0.415. The van der Waals surface area contributed by atoms with Crippen molar-refractivity contribution in [1.82, 2.24) is 0 Å². The zero-order valence-corrected chi connectivity index (χ0v) is 13.4. The van der Waals surface area contributed by atoms with Gasteiger partial charge in [-0.1, -0.05) is 66.4 Å². The van der Waals surface area contributed by atoms with Gasteiger partial charge in [-0.05, 0) is 29.3 Å². The molecule has 0 aliphatic carbocycles. The fourth-order valence-electron chi connectivity index (χ4n) is 2.14. The molecule has 0 atom stereocenters. The first-order valence-corrected chi connectivity index (χ1v) is 7.93. The minimum absolute atomic E-state index is 0.0546. The van der Waals surface area contributed by atoms with Crippen LogP contribution in [0.25, 0.3) is 6.08 Å². The van der Waals surface area contributed by atoms with Crippen LogP contribution in [-0.2, 0) is 4.79 Å². The van der Waals surface area contributed by atoms with Crippen molar-refractivity contribution in [2.45, 2.75) is 0 Å². The standard InChI is InChI=1S/C17H11NO3S2/c19-15-14(10-11-4-2-1-3-5-11)23-17(22)18(15)13-8-6-12(7-9-13)16(20)21/h1-10H,(H,20,21)/p-1/b14-10-. The lowest BCUT2D eigenvalue weighted by Crippen LogP contribution is -2.28. The Morgan fingerprint density at radius 1 is 1.09 bits per heavy atom. The number of nitrogens with zero attached hydrogens (tertiary/aromatic N) is 1. The number of hydrogen-bond acceptors (Lipinski definition) is 5. The molecule has 0 N–H and O–H groups in total. The van der Waals surface area contributed by atoms with Gasteiger partial charge >= 0.3 is 0 Å². The van der Waals surface area contributed by atoms with Gasteiger partial charge in [0.25, 0.3) is 5.91 Å². The fourth-order valence-corrected chi connectivity index (χ4v) is 3.44. The van der Waals surface area contributed by atoms with E-state index in [1.54, 1.807) is 18.2 Å². The SMILES string of the molecule is O=C([O-])c1ccc(N2C(=O)/C(=C/c3ccccc3)SC2=S)cc1. The number of anilines is 1. The number of carboxylic acid groups (broad SMARTS) is 1. The number of hydrogen-bond donors (Lipinski definition) is 0. The second kappa shape index (κ2) is 6.36. The molecular weight excluding hydrogens is 330 g/mol. The van der Waals surface area contributed by atoms with E-state index < -0.39 is 5.97 Å². The van der Waals surface area contributed by atoms with Crippen LogP contribution in [0.3, 0.4) is 0 Å². The van der Waals surface area contributed by atoms with E-state index >= 15 is 0 Å². The molecule has 2 aromatic rings. The van der Waals surface area contributed by atoms with Gasteiger partial charge < -0.3 is 9.90 Å². The van der Waals surface area contributed by atoms with Crippen molar-refractivity contribution in [1.29, 1.82) is 0 Å². The highest BCUT2D eigenvalue weighted by atomic mass is 32.2. The summed E-state index contributed by atoms with van der Waals surface area (Å²) in [6.07, 6.45) is 1.79. The molecule has 1 aliphatic rings. The largest absolute Gasteiger partial charge is 0.545 e. The first kappa shape index (κ1) is 15.5. The monoisotopic (exact) mass is 340 g/mol. The number of aromatic carboxylic acids is 1. The summed E-state index contributed by atoms with van der Waals surface area (Å²) in [5.41, 5.74) is 1.51. The molecule has 3 rings (SSSR count). The van der Waals surface area contributed by atoms with E-state index in [4.69, 9.17) is 12.2 Å². The van der Waals surface area contributed by atoms with E-state index in [0.29, 0.717) is 14.9 Å². The molecule has 114 valence electrons. The second-order valence-electron chi connectivity index (χ2n) is 4.76. The number of carbonyl (C=O) groups excluding carboxylic acids is 2. The van der Waals surface area contributed by atoms with E-state index in [1.165, 1.54) is 28.8 Å². The van der Waals surface area contributed by atoms with Crippen LogP contribution in [0, 0.1) is 0 Å². The zero-order chi connectivity index (χ0) is 16.4. The summed E-state index contributed by atoms with van der Waals surface area (Å²) in [5.74, 6) is -1.48. The lowest BCUT2D eigenvalue weighted by atomic mass is 10.2. The van der Waals surface area contributed by atoms with E-state index in [-0.39, 0.29) is 11.5 Å². The van der Waals surface area contributed by atoms with Crippen LogP contribution < -0.4 is 10.0 Å². The van der Waals surface area contributed by atoms with Gasteiger partial charge in [-0.15, -0.1) is 0 Å². The maximum Gasteiger partial charge on any atom is 0.270 e. The smallest absolute Gasteiger partial charge is 0.270 e. The van der Waals surface area contributed by atoms with Crippen molar-refractivity contribution in [3.05, 3.63) is 70.6 Å². The van der Waals surface area contributed by atoms with Crippen molar-refractivity contribution in [2.24, 2.45) is 0 Å². The van der Waals surface area contributed by atoms with Crippen molar-refractivity contribution in [3.8, 4) is 0 Å². The Bertz CT molecular complexity index is 813. The van der Waals surface area contributed by atoms with Gasteiger partial charge in [0.15, 0.2) is 4.32 Å². The van der Waals surface area contributed by atoms with E-state index in [0.717, 1.165) is 5.56 Å².